The van der Waals surface area contributed by atoms with E-state index in [9.17, 15) is 0 Å². The number of hydrogen-bond acceptors (Lipinski definition) is 1. The molecule has 3 saturated carbocycles. The summed E-state index contributed by atoms with van der Waals surface area (Å²) >= 11 is 0. The third kappa shape index (κ3) is 0.703. The molecular formula is C10H19N. The van der Waals surface area contributed by atoms with Gasteiger partial charge in [-0.15, -0.1) is 0 Å². The van der Waals surface area contributed by atoms with E-state index in [4.69, 9.17) is 5.73 Å². The summed E-state index contributed by atoms with van der Waals surface area (Å²) in [6.45, 7) is 9.10. The summed E-state index contributed by atoms with van der Waals surface area (Å²) in [5.74, 6) is 4.66. The molecule has 3 aliphatic carbocycles. The first-order chi connectivity index (χ1) is 4.94. The maximum atomic E-state index is 6.09. The zero-order valence-corrected chi connectivity index (χ0v) is 7.96. The second kappa shape index (κ2) is 1.82. The second-order valence-corrected chi connectivity index (χ2v) is 5.22. The molecule has 0 saturated heterocycles. The van der Waals surface area contributed by atoms with Crippen molar-refractivity contribution in [2.75, 3.05) is 0 Å². The molecule has 0 atom stereocenters. The Bertz CT molecular complexity index is 158. The number of rotatable bonds is 1. The Morgan fingerprint density at radius 3 is 1.45 bits per heavy atom. The van der Waals surface area contributed by atoms with Crippen LogP contribution in [0, 0.1) is 29.6 Å². The molecule has 0 heterocycles. The molecule has 11 heavy (non-hydrogen) atoms. The van der Waals surface area contributed by atoms with Gasteiger partial charge in [-0.2, -0.15) is 0 Å². The summed E-state index contributed by atoms with van der Waals surface area (Å²) in [4.78, 5) is 0. The SMILES string of the molecule is CC1C2C(C)C1C2C(C)(C)N. The van der Waals surface area contributed by atoms with Crippen LogP contribution in [0.4, 0.5) is 0 Å². The van der Waals surface area contributed by atoms with E-state index in [1.54, 1.807) is 0 Å². The minimum absolute atomic E-state index is 0.0777. The van der Waals surface area contributed by atoms with Crippen LogP contribution in [-0.4, -0.2) is 5.54 Å². The van der Waals surface area contributed by atoms with E-state index in [0.717, 1.165) is 29.6 Å². The highest BCUT2D eigenvalue weighted by Gasteiger charge is 2.67. The van der Waals surface area contributed by atoms with E-state index in [0.29, 0.717) is 0 Å². The molecule has 0 radical (unpaired) electrons. The maximum absolute atomic E-state index is 6.09. The van der Waals surface area contributed by atoms with E-state index >= 15 is 0 Å². The lowest BCUT2D eigenvalue weighted by atomic mass is 9.33. The Labute approximate surface area is 69.4 Å². The Hall–Kier alpha value is -0.0400. The van der Waals surface area contributed by atoms with Crippen LogP contribution in [0.1, 0.15) is 27.7 Å². The van der Waals surface area contributed by atoms with Crippen molar-refractivity contribution < 1.29 is 0 Å². The summed E-state index contributed by atoms with van der Waals surface area (Å²) in [6, 6.07) is 0. The fraction of sp³-hybridized carbons (Fsp3) is 1.00. The largest absolute Gasteiger partial charge is 0.325 e. The van der Waals surface area contributed by atoms with Crippen molar-refractivity contribution in [3.63, 3.8) is 0 Å². The number of hydrogen-bond donors (Lipinski definition) is 1. The van der Waals surface area contributed by atoms with Gasteiger partial charge in [-0.05, 0) is 43.4 Å². The molecule has 0 aromatic carbocycles. The van der Waals surface area contributed by atoms with Crippen molar-refractivity contribution in [1.29, 1.82) is 0 Å². The molecule has 1 nitrogen and oxygen atoms in total. The first kappa shape index (κ1) is 7.60. The van der Waals surface area contributed by atoms with Crippen LogP contribution >= 0.6 is 0 Å². The molecule has 0 aromatic rings. The molecule has 3 fully saturated rings. The standard InChI is InChI=1S/C10H19N/c1-5-7-6(2)8(5)9(7)10(3,4)11/h5-9H,11H2,1-4H3. The molecule has 2 N–H and O–H groups in total. The van der Waals surface area contributed by atoms with E-state index in [1.807, 2.05) is 0 Å². The van der Waals surface area contributed by atoms with Crippen LogP contribution in [0.2, 0.25) is 0 Å². The van der Waals surface area contributed by atoms with Gasteiger partial charge in [0.15, 0.2) is 0 Å². The molecule has 2 bridgehead atoms. The lowest BCUT2D eigenvalue weighted by Crippen LogP contribution is -2.72. The summed E-state index contributed by atoms with van der Waals surface area (Å²) in [5.41, 5.74) is 6.16. The average Bonchev–Trinajstić information content (AvgIpc) is 1.77. The third-order valence-electron chi connectivity index (χ3n) is 4.12. The van der Waals surface area contributed by atoms with Gasteiger partial charge in [0, 0.05) is 5.54 Å². The first-order valence-corrected chi connectivity index (χ1v) is 4.73. The first-order valence-electron chi connectivity index (χ1n) is 4.73. The summed E-state index contributed by atoms with van der Waals surface area (Å²) < 4.78 is 0. The Balaban J connectivity index is 2.06. The molecule has 1 heteroatoms. The number of nitrogens with two attached hydrogens (primary N) is 1. The lowest BCUT2D eigenvalue weighted by Gasteiger charge is -2.72. The van der Waals surface area contributed by atoms with Gasteiger partial charge in [-0.25, -0.2) is 0 Å². The van der Waals surface area contributed by atoms with Crippen molar-refractivity contribution in [3.05, 3.63) is 0 Å². The fourth-order valence-electron chi connectivity index (χ4n) is 3.59. The van der Waals surface area contributed by atoms with Crippen LogP contribution < -0.4 is 5.73 Å². The van der Waals surface area contributed by atoms with Crippen molar-refractivity contribution in [1.82, 2.24) is 0 Å². The van der Waals surface area contributed by atoms with E-state index in [1.165, 1.54) is 0 Å². The van der Waals surface area contributed by atoms with E-state index in [2.05, 4.69) is 27.7 Å². The van der Waals surface area contributed by atoms with Crippen LogP contribution in [0.5, 0.6) is 0 Å². The lowest BCUT2D eigenvalue weighted by molar-refractivity contribution is -0.238. The van der Waals surface area contributed by atoms with Crippen molar-refractivity contribution >= 4 is 0 Å². The predicted molar refractivity (Wildman–Crippen MR) is 47.1 cm³/mol. The molecule has 64 valence electrons. The highest BCUT2D eigenvalue weighted by molar-refractivity contribution is 5.16. The van der Waals surface area contributed by atoms with Gasteiger partial charge in [-0.1, -0.05) is 13.8 Å². The maximum Gasteiger partial charge on any atom is 0.0131 e. The van der Waals surface area contributed by atoms with Gasteiger partial charge in [0.05, 0.1) is 0 Å². The monoisotopic (exact) mass is 153 g/mol. The van der Waals surface area contributed by atoms with Gasteiger partial charge in [-0.3, -0.25) is 0 Å². The van der Waals surface area contributed by atoms with Crippen LogP contribution in [-0.2, 0) is 0 Å². The predicted octanol–water partition coefficient (Wildman–Crippen LogP) is 1.87. The highest BCUT2D eigenvalue weighted by atomic mass is 14.8. The Kier molecular flexibility index (Phi) is 1.26. The molecular weight excluding hydrogens is 134 g/mol. The second-order valence-electron chi connectivity index (χ2n) is 5.22. The Morgan fingerprint density at radius 1 is 1.00 bits per heavy atom. The van der Waals surface area contributed by atoms with Crippen molar-refractivity contribution in [3.8, 4) is 0 Å². The molecule has 3 aliphatic rings. The molecule has 0 amide bonds. The molecule has 0 aromatic heterocycles. The quantitative estimate of drug-likeness (QED) is 0.611. The minimum Gasteiger partial charge on any atom is -0.325 e. The Morgan fingerprint density at radius 2 is 1.36 bits per heavy atom. The van der Waals surface area contributed by atoms with E-state index in [-0.39, 0.29) is 5.54 Å². The van der Waals surface area contributed by atoms with Gasteiger partial charge in [0.2, 0.25) is 0 Å². The van der Waals surface area contributed by atoms with Crippen molar-refractivity contribution in [2.24, 2.45) is 35.3 Å². The molecule has 0 aliphatic heterocycles. The van der Waals surface area contributed by atoms with Crippen molar-refractivity contribution in [2.45, 2.75) is 33.2 Å². The van der Waals surface area contributed by atoms with Crippen LogP contribution in [0.15, 0.2) is 0 Å². The molecule has 0 spiro atoms. The average molecular weight is 153 g/mol. The fourth-order valence-corrected chi connectivity index (χ4v) is 3.59. The third-order valence-corrected chi connectivity index (χ3v) is 4.12. The zero-order chi connectivity index (χ0) is 8.39. The smallest absolute Gasteiger partial charge is 0.0131 e. The van der Waals surface area contributed by atoms with Gasteiger partial charge < -0.3 is 5.73 Å². The van der Waals surface area contributed by atoms with Crippen LogP contribution in [0.3, 0.4) is 0 Å². The molecule has 3 rings (SSSR count). The van der Waals surface area contributed by atoms with Crippen LogP contribution in [0.25, 0.3) is 0 Å². The summed E-state index contributed by atoms with van der Waals surface area (Å²) in [5, 5.41) is 0. The van der Waals surface area contributed by atoms with Gasteiger partial charge in [0.1, 0.15) is 0 Å². The summed E-state index contributed by atoms with van der Waals surface area (Å²) in [7, 11) is 0. The summed E-state index contributed by atoms with van der Waals surface area (Å²) in [6.07, 6.45) is 0. The van der Waals surface area contributed by atoms with Gasteiger partial charge >= 0.3 is 0 Å². The highest BCUT2D eigenvalue weighted by Crippen LogP contribution is 2.69. The zero-order valence-electron chi connectivity index (χ0n) is 7.96. The molecule has 0 unspecified atom stereocenters. The van der Waals surface area contributed by atoms with Gasteiger partial charge in [0.25, 0.3) is 0 Å². The normalized spacial score (nSPS) is 54.8. The minimum atomic E-state index is 0.0777. The topological polar surface area (TPSA) is 26.0 Å². The van der Waals surface area contributed by atoms with E-state index < -0.39 is 0 Å².